The number of alkyl halides is 1. The Morgan fingerprint density at radius 1 is 1.26 bits per heavy atom. The Bertz CT molecular complexity index is 865. The molecule has 0 spiro atoms. The van der Waals surface area contributed by atoms with Gasteiger partial charge < -0.3 is 14.7 Å². The van der Waals surface area contributed by atoms with Gasteiger partial charge in [-0.2, -0.15) is 0 Å². The summed E-state index contributed by atoms with van der Waals surface area (Å²) in [5, 5.41) is 8.99. The van der Waals surface area contributed by atoms with Gasteiger partial charge in [0.2, 0.25) is 5.91 Å². The Morgan fingerprint density at radius 3 is 2.48 bits per heavy atom. The molecule has 0 saturated carbocycles. The first-order valence-corrected chi connectivity index (χ1v) is 10.4. The van der Waals surface area contributed by atoms with E-state index in [1.54, 1.807) is 12.0 Å². The zero-order valence-corrected chi connectivity index (χ0v) is 18.7. The van der Waals surface area contributed by atoms with E-state index in [1.165, 1.54) is 6.08 Å². The average Bonchev–Trinajstić information content (AvgIpc) is 2.64. The van der Waals surface area contributed by atoms with Gasteiger partial charge in [-0.3, -0.25) is 4.79 Å². The summed E-state index contributed by atoms with van der Waals surface area (Å²) in [6.45, 7) is 2.28. The molecule has 2 aromatic rings. The summed E-state index contributed by atoms with van der Waals surface area (Å²) in [6, 6.07) is 11.3. The maximum absolute atomic E-state index is 12.7. The number of aliphatic carboxylic acids is 1. The summed E-state index contributed by atoms with van der Waals surface area (Å²) < 4.78 is 6.22. The van der Waals surface area contributed by atoms with Crippen LogP contribution < -0.4 is 9.64 Å². The van der Waals surface area contributed by atoms with Crippen LogP contribution in [0.4, 0.5) is 5.69 Å². The maximum Gasteiger partial charge on any atom is 0.328 e. The molecule has 142 valence electrons. The van der Waals surface area contributed by atoms with E-state index >= 15 is 0 Å². The van der Waals surface area contributed by atoms with E-state index in [1.807, 2.05) is 65.9 Å². The lowest BCUT2D eigenvalue weighted by Gasteiger charge is -2.26. The lowest BCUT2D eigenvalue weighted by Crippen LogP contribution is -2.32. The second kappa shape index (κ2) is 9.89. The fourth-order valence-corrected chi connectivity index (χ4v) is 3.83. The van der Waals surface area contributed by atoms with Crippen LogP contribution in [0.25, 0.3) is 6.08 Å². The molecular formula is C20H19BrINO4. The van der Waals surface area contributed by atoms with Crippen molar-refractivity contribution in [3.63, 3.8) is 0 Å². The zero-order chi connectivity index (χ0) is 20.0. The minimum absolute atomic E-state index is 0.0686. The highest BCUT2D eigenvalue weighted by Gasteiger charge is 2.21. The fraction of sp³-hybridized carbons (Fsp3) is 0.200. The average molecular weight is 544 g/mol. The molecule has 1 amide bonds. The van der Waals surface area contributed by atoms with E-state index in [0.717, 1.165) is 27.4 Å². The van der Waals surface area contributed by atoms with Gasteiger partial charge in [-0.05, 0) is 69.9 Å². The van der Waals surface area contributed by atoms with Crippen molar-refractivity contribution in [2.75, 3.05) is 16.4 Å². The first kappa shape index (κ1) is 21.4. The molecule has 0 bridgehead atoms. The van der Waals surface area contributed by atoms with Crippen LogP contribution in [0, 0.1) is 6.92 Å². The van der Waals surface area contributed by atoms with E-state index in [0.29, 0.717) is 22.2 Å². The van der Waals surface area contributed by atoms with E-state index < -0.39 is 5.97 Å². The van der Waals surface area contributed by atoms with Gasteiger partial charge in [0.15, 0.2) is 0 Å². The van der Waals surface area contributed by atoms with Gasteiger partial charge in [-0.25, -0.2) is 4.79 Å². The van der Waals surface area contributed by atoms with E-state index in [-0.39, 0.29) is 5.91 Å². The number of hydrogen-bond acceptors (Lipinski definition) is 3. The van der Waals surface area contributed by atoms with Crippen LogP contribution in [0.2, 0.25) is 0 Å². The van der Waals surface area contributed by atoms with Crippen molar-refractivity contribution >= 4 is 62.2 Å². The standard InChI is InChI=1S/C20H19BrINO4/c1-13-9-15(5-8-19(25)26)20(17(21)10-13)23(18(24)11-22)12-14-3-6-16(27-2)7-4-14/h3-10H,11-12H2,1-2H3,(H,25,26)/b8-5+. The SMILES string of the molecule is COc1ccc(CN(C(=O)CI)c2c(Br)cc(C)cc2/C=C/C(=O)O)cc1. The molecule has 0 aliphatic heterocycles. The van der Waals surface area contributed by atoms with Crippen molar-refractivity contribution < 1.29 is 19.4 Å². The number of nitrogens with zero attached hydrogens (tertiary/aromatic N) is 1. The number of carbonyl (C=O) groups is 2. The summed E-state index contributed by atoms with van der Waals surface area (Å²) in [4.78, 5) is 25.3. The fourth-order valence-electron chi connectivity index (χ4n) is 2.61. The molecule has 1 N–H and O–H groups in total. The highest BCUT2D eigenvalue weighted by Crippen LogP contribution is 2.34. The minimum atomic E-state index is -1.04. The van der Waals surface area contributed by atoms with Crippen LogP contribution in [0.3, 0.4) is 0 Å². The van der Waals surface area contributed by atoms with Crippen molar-refractivity contribution in [3.8, 4) is 5.75 Å². The van der Waals surface area contributed by atoms with Crippen molar-refractivity contribution in [2.45, 2.75) is 13.5 Å². The van der Waals surface area contributed by atoms with Crippen molar-refractivity contribution in [2.24, 2.45) is 0 Å². The molecule has 0 aromatic heterocycles. The first-order valence-electron chi connectivity index (χ1n) is 8.06. The monoisotopic (exact) mass is 543 g/mol. The van der Waals surface area contributed by atoms with Gasteiger partial charge in [-0.1, -0.05) is 34.7 Å². The van der Waals surface area contributed by atoms with E-state index in [9.17, 15) is 9.59 Å². The second-order valence-electron chi connectivity index (χ2n) is 5.82. The quantitative estimate of drug-likeness (QED) is 0.308. The van der Waals surface area contributed by atoms with E-state index in [4.69, 9.17) is 9.84 Å². The highest BCUT2D eigenvalue weighted by atomic mass is 127. The maximum atomic E-state index is 12.7. The molecule has 2 rings (SSSR count). The Balaban J connectivity index is 2.52. The van der Waals surface area contributed by atoms with Gasteiger partial charge in [0.1, 0.15) is 5.75 Å². The summed E-state index contributed by atoms with van der Waals surface area (Å²) in [5.74, 6) is -0.367. The molecule has 0 unspecified atom stereocenters. The van der Waals surface area contributed by atoms with Gasteiger partial charge in [-0.15, -0.1) is 0 Å². The Kier molecular flexibility index (Phi) is 7.85. The molecule has 0 fully saturated rings. The Morgan fingerprint density at radius 2 is 1.93 bits per heavy atom. The Hall–Kier alpha value is -1.87. The summed E-state index contributed by atoms with van der Waals surface area (Å²) in [7, 11) is 1.60. The third kappa shape index (κ3) is 5.80. The molecular weight excluding hydrogens is 525 g/mol. The predicted octanol–water partition coefficient (Wildman–Crippen LogP) is 4.83. The van der Waals surface area contributed by atoms with Crippen LogP contribution >= 0.6 is 38.5 Å². The molecule has 27 heavy (non-hydrogen) atoms. The smallest absolute Gasteiger partial charge is 0.328 e. The zero-order valence-electron chi connectivity index (χ0n) is 14.9. The lowest BCUT2D eigenvalue weighted by atomic mass is 10.1. The number of carboxylic acid groups (broad SMARTS) is 1. The van der Waals surface area contributed by atoms with E-state index in [2.05, 4.69) is 15.9 Å². The minimum Gasteiger partial charge on any atom is -0.497 e. The molecule has 0 aliphatic rings. The van der Waals surface area contributed by atoms with Crippen LogP contribution in [0.5, 0.6) is 5.75 Å². The first-order chi connectivity index (χ1) is 12.8. The lowest BCUT2D eigenvalue weighted by molar-refractivity contribution is -0.131. The molecule has 7 heteroatoms. The number of ether oxygens (including phenoxy) is 1. The second-order valence-corrected chi connectivity index (χ2v) is 7.43. The van der Waals surface area contributed by atoms with Crippen LogP contribution in [-0.2, 0) is 16.1 Å². The van der Waals surface area contributed by atoms with Crippen LogP contribution in [-0.4, -0.2) is 28.5 Å². The molecule has 0 atom stereocenters. The van der Waals surface area contributed by atoms with Gasteiger partial charge in [0.05, 0.1) is 23.8 Å². The third-order valence-corrected chi connectivity index (χ3v) is 5.08. The van der Waals surface area contributed by atoms with Crippen molar-refractivity contribution in [1.82, 2.24) is 0 Å². The molecule has 0 radical (unpaired) electrons. The normalized spacial score (nSPS) is 10.8. The van der Waals surface area contributed by atoms with Gasteiger partial charge in [0, 0.05) is 10.5 Å². The van der Waals surface area contributed by atoms with Crippen molar-refractivity contribution in [1.29, 1.82) is 0 Å². The van der Waals surface area contributed by atoms with Gasteiger partial charge in [0.25, 0.3) is 0 Å². The molecule has 0 heterocycles. The Labute approximate surface area is 180 Å². The predicted molar refractivity (Wildman–Crippen MR) is 119 cm³/mol. The third-order valence-electron chi connectivity index (χ3n) is 3.83. The number of hydrogen-bond donors (Lipinski definition) is 1. The summed E-state index contributed by atoms with van der Waals surface area (Å²) >= 11 is 5.57. The number of benzene rings is 2. The van der Waals surface area contributed by atoms with Gasteiger partial charge >= 0.3 is 5.97 Å². The van der Waals surface area contributed by atoms with Crippen molar-refractivity contribution in [3.05, 3.63) is 63.6 Å². The number of carboxylic acids is 1. The number of carbonyl (C=O) groups excluding carboxylic acids is 1. The number of methoxy groups -OCH3 is 1. The number of halogens is 2. The molecule has 0 aliphatic carbocycles. The summed E-state index contributed by atoms with van der Waals surface area (Å²) in [5.41, 5.74) is 3.21. The molecule has 5 nitrogen and oxygen atoms in total. The topological polar surface area (TPSA) is 66.8 Å². The number of aryl methyl sites for hydroxylation is 1. The molecule has 0 saturated heterocycles. The van der Waals surface area contributed by atoms with Crippen LogP contribution in [0.1, 0.15) is 16.7 Å². The largest absolute Gasteiger partial charge is 0.497 e. The van der Waals surface area contributed by atoms with Crippen LogP contribution in [0.15, 0.2) is 46.9 Å². The highest BCUT2D eigenvalue weighted by molar-refractivity contribution is 14.1. The summed E-state index contributed by atoms with van der Waals surface area (Å²) in [6.07, 6.45) is 2.59. The number of rotatable bonds is 7. The number of amides is 1. The molecule has 2 aromatic carbocycles. The number of anilines is 1.